The average Bonchev–Trinajstić information content (AvgIpc) is 3.48. The number of benzene rings is 8. The zero-order chi connectivity index (χ0) is 45.4. The van der Waals surface area contributed by atoms with Gasteiger partial charge < -0.3 is 0 Å². The maximum atomic E-state index is 5.45. The van der Waals surface area contributed by atoms with Crippen LogP contribution in [0.5, 0.6) is 0 Å². The van der Waals surface area contributed by atoms with Crippen molar-refractivity contribution in [2.75, 3.05) is 0 Å². The van der Waals surface area contributed by atoms with E-state index in [1.807, 2.05) is 13.8 Å². The number of hydrogen-bond acceptors (Lipinski definition) is 1. The van der Waals surface area contributed by atoms with Crippen molar-refractivity contribution in [3.05, 3.63) is 251 Å². The van der Waals surface area contributed by atoms with Crippen LogP contribution >= 0.6 is 24.0 Å². The third-order valence-electron chi connectivity index (χ3n) is 14.0. The zero-order valence-electron chi connectivity index (χ0n) is 39.3. The summed E-state index contributed by atoms with van der Waals surface area (Å²) in [6.07, 6.45) is 14.7. The van der Waals surface area contributed by atoms with Crippen LogP contribution in [0.2, 0.25) is 0 Å². The molecule has 67 heavy (non-hydrogen) atoms. The van der Waals surface area contributed by atoms with Gasteiger partial charge in [-0.05, 0) is 143 Å². The van der Waals surface area contributed by atoms with Crippen molar-refractivity contribution >= 4 is 74.2 Å². The summed E-state index contributed by atoms with van der Waals surface area (Å²) in [7, 11) is 0. The number of nitrogens with zero attached hydrogens (tertiary/aromatic N) is 1. The summed E-state index contributed by atoms with van der Waals surface area (Å²) in [6, 6.07) is 62.3. The van der Waals surface area contributed by atoms with Gasteiger partial charge in [0.05, 0.1) is 5.70 Å². The second-order valence-corrected chi connectivity index (χ2v) is 18.2. The van der Waals surface area contributed by atoms with Gasteiger partial charge in [0.15, 0.2) is 0 Å². The van der Waals surface area contributed by atoms with Crippen molar-refractivity contribution in [1.29, 1.82) is 0 Å². The van der Waals surface area contributed by atoms with Crippen LogP contribution < -0.4 is 0 Å². The van der Waals surface area contributed by atoms with Crippen molar-refractivity contribution in [2.45, 2.75) is 65.2 Å². The van der Waals surface area contributed by atoms with Crippen molar-refractivity contribution in [1.82, 2.24) is 0 Å². The molecule has 1 atom stereocenters. The van der Waals surface area contributed by atoms with E-state index in [1.54, 1.807) is 0 Å². The lowest BCUT2D eigenvalue weighted by atomic mass is 9.79. The maximum absolute atomic E-state index is 5.45. The quantitative estimate of drug-likeness (QED) is 0.0817. The highest BCUT2D eigenvalue weighted by Gasteiger charge is 2.37. The largest absolute Gasteiger partial charge is 0.253 e. The van der Waals surface area contributed by atoms with E-state index in [-0.39, 0.29) is 35.3 Å². The predicted molar refractivity (Wildman–Crippen MR) is 301 cm³/mol. The molecule has 0 N–H and O–H groups in total. The smallest absolute Gasteiger partial charge is 0.0668 e. The Morgan fingerprint density at radius 3 is 2.07 bits per heavy atom. The lowest BCUT2D eigenvalue weighted by Gasteiger charge is -2.24. The summed E-state index contributed by atoms with van der Waals surface area (Å²) in [4.78, 5) is 5.45. The van der Waals surface area contributed by atoms with E-state index in [1.165, 1.54) is 82.8 Å². The first-order chi connectivity index (χ1) is 32.3. The van der Waals surface area contributed by atoms with Crippen LogP contribution in [0.25, 0.3) is 66.7 Å². The topological polar surface area (TPSA) is 12.4 Å². The van der Waals surface area contributed by atoms with Gasteiger partial charge in [0.2, 0.25) is 0 Å². The number of fused-ring (bicyclic) bond motifs is 10. The van der Waals surface area contributed by atoms with Crippen molar-refractivity contribution in [3.63, 3.8) is 0 Å². The molecule has 8 aromatic rings. The highest BCUT2D eigenvalue weighted by molar-refractivity contribution is 14.0. The Morgan fingerprint density at radius 2 is 1.30 bits per heavy atom. The number of rotatable bonds is 8. The minimum Gasteiger partial charge on any atom is -0.253 e. The van der Waals surface area contributed by atoms with E-state index >= 15 is 0 Å². The van der Waals surface area contributed by atoms with Gasteiger partial charge in [-0.25, -0.2) is 0 Å². The van der Waals surface area contributed by atoms with E-state index in [9.17, 15) is 0 Å². The zero-order valence-corrected chi connectivity index (χ0v) is 41.6. The van der Waals surface area contributed by atoms with E-state index < -0.39 is 0 Å². The van der Waals surface area contributed by atoms with Crippen LogP contribution in [0.1, 0.15) is 104 Å². The highest BCUT2D eigenvalue weighted by atomic mass is 127. The second-order valence-electron chi connectivity index (χ2n) is 18.2. The maximum Gasteiger partial charge on any atom is 0.0668 e. The predicted octanol–water partition coefficient (Wildman–Crippen LogP) is 18.5. The van der Waals surface area contributed by atoms with Crippen molar-refractivity contribution < 1.29 is 0 Å². The van der Waals surface area contributed by atoms with Gasteiger partial charge in [0.1, 0.15) is 0 Å². The van der Waals surface area contributed by atoms with Crippen LogP contribution in [0.4, 0.5) is 0 Å². The lowest BCUT2D eigenvalue weighted by Crippen LogP contribution is -2.16. The molecule has 0 saturated carbocycles. The first-order valence-corrected chi connectivity index (χ1v) is 23.8. The Labute approximate surface area is 414 Å². The molecular formula is C65H58IN. The van der Waals surface area contributed by atoms with E-state index in [0.717, 1.165) is 46.5 Å². The minimum absolute atomic E-state index is 0. The third-order valence-corrected chi connectivity index (χ3v) is 14.0. The number of aliphatic imine (C=N–C) groups is 1. The van der Waals surface area contributed by atoms with Gasteiger partial charge in [-0.2, -0.15) is 0 Å². The summed E-state index contributed by atoms with van der Waals surface area (Å²) in [5, 5.41) is 5.15. The van der Waals surface area contributed by atoms with Crippen LogP contribution in [-0.4, -0.2) is 5.71 Å². The molecule has 0 amide bonds. The fourth-order valence-corrected chi connectivity index (χ4v) is 10.7. The molecule has 0 heterocycles. The molecule has 0 aromatic heterocycles. The Bertz CT molecular complexity index is 3330. The third kappa shape index (κ3) is 8.42. The summed E-state index contributed by atoms with van der Waals surface area (Å²) in [5.74, 6) is 0.0631. The summed E-state index contributed by atoms with van der Waals surface area (Å²) >= 11 is 0. The van der Waals surface area contributed by atoms with Crippen molar-refractivity contribution in [2.24, 2.45) is 4.99 Å². The van der Waals surface area contributed by atoms with E-state index in [2.05, 4.69) is 228 Å². The van der Waals surface area contributed by atoms with Gasteiger partial charge in [-0.3, -0.25) is 4.99 Å². The minimum atomic E-state index is 0. The van der Waals surface area contributed by atoms with E-state index in [4.69, 9.17) is 4.99 Å². The van der Waals surface area contributed by atoms with Gasteiger partial charge >= 0.3 is 0 Å². The van der Waals surface area contributed by atoms with Crippen LogP contribution in [0, 0.1) is 0 Å². The normalized spacial score (nSPS) is 15.7. The van der Waals surface area contributed by atoms with Gasteiger partial charge in [-0.15, -0.1) is 24.0 Å². The fourth-order valence-electron chi connectivity index (χ4n) is 10.7. The molecule has 0 aliphatic heterocycles. The van der Waals surface area contributed by atoms with Crippen molar-refractivity contribution in [3.8, 4) is 22.3 Å². The number of hydrogen-bond donors (Lipinski definition) is 0. The standard InChI is InChI=1S/C63H51N.C2H6.HI/c1-41(43-17-6-5-7-18-43)29-38-61(45-32-30-44(31-33-45)47-34-35-55-54-25-14-15-28-59(54)63(3,4)60(55)40-47)64-42(2)46-19-16-20-48(39-46)49-36-37-58-53-24-9-8-22-51(53)52-23-11-13-27-57(52)62(58)56-26-12-10-21-50(49)56;1-2;/h5-13,15-24,26-28,30-40,49H,1,14,25,29H2,2-4H3;1-2H3;1H/b61-38-,64-42?;;. The SMILES string of the molecule is C=C(C/C=C(\N=C(C)c1cccc(C2C=Cc3c(c4ccccc4c4ccccc34)-c3ccccc32)c1)c1ccc(-c2ccc3c(c2)C(C)(C)C2=C3CCC=C2)cc1)c1ccccc1.CC.I. The number of halogens is 1. The molecule has 1 unspecified atom stereocenters. The Morgan fingerprint density at radius 1 is 0.642 bits per heavy atom. The molecule has 3 aliphatic carbocycles. The molecule has 0 fully saturated rings. The number of allylic oxidation sites excluding steroid dienone is 7. The molecule has 0 spiro atoms. The molecule has 0 bridgehead atoms. The summed E-state index contributed by atoms with van der Waals surface area (Å²) < 4.78 is 0. The molecule has 0 saturated heterocycles. The molecule has 8 aromatic carbocycles. The molecule has 0 radical (unpaired) electrons. The fraction of sp³-hybridized carbons (Fsp3) is 0.154. The van der Waals surface area contributed by atoms with Crippen LogP contribution in [0.15, 0.2) is 211 Å². The average molecular weight is 980 g/mol. The molecule has 2 heteroatoms. The Balaban J connectivity index is 0.00000185. The monoisotopic (exact) mass is 979 g/mol. The second kappa shape index (κ2) is 19.3. The Kier molecular flexibility index (Phi) is 13.1. The Hall–Kier alpha value is -6.62. The molecular weight excluding hydrogens is 922 g/mol. The summed E-state index contributed by atoms with van der Waals surface area (Å²) in [5.41, 5.74) is 21.1. The lowest BCUT2D eigenvalue weighted by molar-refractivity contribution is 0.651. The first kappa shape index (κ1) is 45.5. The molecule has 11 rings (SSSR count). The van der Waals surface area contributed by atoms with Gasteiger partial charge in [0, 0.05) is 17.0 Å². The highest BCUT2D eigenvalue weighted by Crippen LogP contribution is 2.51. The van der Waals surface area contributed by atoms with Crippen LogP contribution in [0.3, 0.4) is 0 Å². The van der Waals surface area contributed by atoms with Gasteiger partial charge in [-0.1, -0.05) is 222 Å². The van der Waals surface area contributed by atoms with Gasteiger partial charge in [0.25, 0.3) is 0 Å². The molecule has 330 valence electrons. The van der Waals surface area contributed by atoms with Crippen LogP contribution in [-0.2, 0) is 5.41 Å². The first-order valence-electron chi connectivity index (χ1n) is 23.8. The van der Waals surface area contributed by atoms with E-state index in [0.29, 0.717) is 6.42 Å². The molecule has 3 aliphatic rings. The molecule has 1 nitrogen and oxygen atoms in total. The summed E-state index contributed by atoms with van der Waals surface area (Å²) in [6.45, 7) is 15.4.